The number of carbonyl (C=O) groups excluding carboxylic acids is 1. The molecule has 78 valence electrons. The van der Waals surface area contributed by atoms with E-state index in [2.05, 4.69) is 11.3 Å². The van der Waals surface area contributed by atoms with E-state index in [1.807, 2.05) is 6.92 Å². The van der Waals surface area contributed by atoms with Crippen molar-refractivity contribution in [2.45, 2.75) is 11.8 Å². The highest BCUT2D eigenvalue weighted by molar-refractivity contribution is 7.91. The van der Waals surface area contributed by atoms with Crippen molar-refractivity contribution in [2.75, 3.05) is 0 Å². The molecule has 1 amide bonds. The van der Waals surface area contributed by atoms with Crippen molar-refractivity contribution >= 4 is 21.4 Å². The Bertz CT molecular complexity index is 573. The molecule has 1 unspecified atom stereocenters. The topological polar surface area (TPSA) is 70.0 Å². The van der Waals surface area contributed by atoms with Crippen LogP contribution in [0.4, 0.5) is 0 Å². The molecule has 0 aliphatic carbocycles. The first-order valence-corrected chi connectivity index (χ1v) is 5.88. The van der Waals surface area contributed by atoms with Crippen LogP contribution in [0.5, 0.6) is 0 Å². The average Bonchev–Trinajstić information content (AvgIpc) is 2.37. The monoisotopic (exact) mass is 222 g/mol. The van der Waals surface area contributed by atoms with Crippen LogP contribution in [0.2, 0.25) is 0 Å². The largest absolute Gasteiger partial charge is 0.268 e. The molecule has 2 rings (SSSR count). The summed E-state index contributed by atoms with van der Waals surface area (Å²) >= 11 is 0. The normalized spacial score (nSPS) is 23.4. The number of carbonyl (C=O) groups is 1. The summed E-state index contributed by atoms with van der Waals surface area (Å²) in [7, 11) is -3.15. The van der Waals surface area contributed by atoms with Crippen molar-refractivity contribution in [2.24, 2.45) is 0 Å². The highest BCUT2D eigenvalue weighted by Crippen LogP contribution is 2.26. The van der Waals surface area contributed by atoms with Crippen molar-refractivity contribution in [3.8, 4) is 0 Å². The fraction of sp³-hybridized carbons (Fsp3) is 0.100. The zero-order valence-electron chi connectivity index (χ0n) is 8.16. The van der Waals surface area contributed by atoms with Crippen LogP contribution < -0.4 is 4.72 Å². The van der Waals surface area contributed by atoms with E-state index in [0.717, 1.165) is 11.1 Å². The number of hydrogen-bond acceptors (Lipinski definition) is 3. The van der Waals surface area contributed by atoms with E-state index >= 15 is 0 Å². The van der Waals surface area contributed by atoms with Gasteiger partial charge in [0.25, 0.3) is 5.91 Å². The third-order valence-corrected chi connectivity index (χ3v) is 3.70. The van der Waals surface area contributed by atoms with Crippen LogP contribution >= 0.6 is 0 Å². The maximum atomic E-state index is 11.7. The molecule has 0 bridgehead atoms. The zero-order chi connectivity index (χ0) is 11.2. The van der Waals surface area contributed by atoms with E-state index in [0.29, 0.717) is 5.56 Å². The van der Waals surface area contributed by atoms with Gasteiger partial charge in [-0.25, -0.2) is 8.99 Å². The van der Waals surface area contributed by atoms with E-state index in [1.165, 1.54) is 0 Å². The second-order valence-electron chi connectivity index (χ2n) is 3.48. The molecule has 15 heavy (non-hydrogen) atoms. The minimum absolute atomic E-state index is 0.257. The van der Waals surface area contributed by atoms with Crippen molar-refractivity contribution in [3.05, 3.63) is 35.9 Å². The van der Waals surface area contributed by atoms with E-state index < -0.39 is 15.8 Å². The third-order valence-electron chi connectivity index (χ3n) is 2.27. The molecule has 0 spiro atoms. The van der Waals surface area contributed by atoms with E-state index in [1.54, 1.807) is 18.2 Å². The summed E-state index contributed by atoms with van der Waals surface area (Å²) < 4.78 is 21.4. The lowest BCUT2D eigenvalue weighted by atomic mass is 10.1. The molecular weight excluding hydrogens is 212 g/mol. The Hall–Kier alpha value is -1.62. The minimum atomic E-state index is -3.15. The molecule has 0 aromatic heterocycles. The summed E-state index contributed by atoms with van der Waals surface area (Å²) in [5.74, 6) is -0.446. The van der Waals surface area contributed by atoms with Crippen molar-refractivity contribution in [1.82, 2.24) is 4.72 Å². The van der Waals surface area contributed by atoms with Crippen molar-refractivity contribution in [3.63, 3.8) is 0 Å². The molecule has 0 radical (unpaired) electrons. The van der Waals surface area contributed by atoms with Gasteiger partial charge < -0.3 is 0 Å². The minimum Gasteiger partial charge on any atom is -0.268 e. The van der Waals surface area contributed by atoms with Gasteiger partial charge in [0.05, 0.1) is 10.5 Å². The lowest BCUT2D eigenvalue weighted by Gasteiger charge is -2.02. The van der Waals surface area contributed by atoms with Gasteiger partial charge in [0.15, 0.2) is 9.92 Å². The molecule has 1 aromatic carbocycles. The van der Waals surface area contributed by atoms with Crippen molar-refractivity contribution in [1.29, 1.82) is 4.78 Å². The van der Waals surface area contributed by atoms with Gasteiger partial charge in [0.1, 0.15) is 0 Å². The van der Waals surface area contributed by atoms with Crippen LogP contribution in [0.1, 0.15) is 22.8 Å². The summed E-state index contributed by atoms with van der Waals surface area (Å²) in [4.78, 5) is 11.6. The molecule has 0 saturated heterocycles. The maximum Gasteiger partial charge on any atom is 0.265 e. The second-order valence-corrected chi connectivity index (χ2v) is 5.23. The first-order valence-electron chi connectivity index (χ1n) is 4.32. The number of amides is 1. The fourth-order valence-corrected chi connectivity index (χ4v) is 2.70. The Labute approximate surface area is 88.1 Å². The fourth-order valence-electron chi connectivity index (χ4n) is 1.45. The Morgan fingerprint density at radius 2 is 2.20 bits per heavy atom. The smallest absolute Gasteiger partial charge is 0.265 e. The van der Waals surface area contributed by atoms with Crippen LogP contribution in [0.25, 0.3) is 5.57 Å². The summed E-state index contributed by atoms with van der Waals surface area (Å²) in [5.41, 5.74) is 1.93. The highest BCUT2D eigenvalue weighted by atomic mass is 32.2. The van der Waals surface area contributed by atoms with Gasteiger partial charge in [-0.15, -0.1) is 0 Å². The summed E-state index contributed by atoms with van der Waals surface area (Å²) in [6.45, 7) is 5.58. The molecule has 0 fully saturated rings. The first kappa shape index (κ1) is 9.92. The van der Waals surface area contributed by atoms with Gasteiger partial charge in [-0.3, -0.25) is 9.52 Å². The quantitative estimate of drug-likeness (QED) is 0.760. The van der Waals surface area contributed by atoms with Gasteiger partial charge in [0, 0.05) is 0 Å². The maximum absolute atomic E-state index is 11.7. The lowest BCUT2D eigenvalue weighted by molar-refractivity contribution is 0.0985. The molecule has 2 N–H and O–H groups in total. The molecule has 1 atom stereocenters. The van der Waals surface area contributed by atoms with E-state index in [4.69, 9.17) is 4.78 Å². The highest BCUT2D eigenvalue weighted by Gasteiger charge is 2.29. The third kappa shape index (κ3) is 1.45. The molecule has 1 aliphatic heterocycles. The van der Waals surface area contributed by atoms with Crippen LogP contribution in [0.3, 0.4) is 0 Å². The average molecular weight is 222 g/mol. The first-order chi connectivity index (χ1) is 6.92. The number of fused-ring (bicyclic) bond motifs is 1. The summed E-state index contributed by atoms with van der Waals surface area (Å²) in [6, 6.07) is 4.91. The van der Waals surface area contributed by atoms with Crippen LogP contribution in [-0.2, 0) is 9.92 Å². The van der Waals surface area contributed by atoms with E-state index in [-0.39, 0.29) is 4.90 Å². The lowest BCUT2D eigenvalue weighted by Crippen LogP contribution is -2.19. The zero-order valence-corrected chi connectivity index (χ0v) is 8.98. The van der Waals surface area contributed by atoms with Gasteiger partial charge in [-0.2, -0.15) is 0 Å². The number of benzene rings is 1. The predicted molar refractivity (Wildman–Crippen MR) is 57.7 cm³/mol. The SMILES string of the molecule is C=C(C)c1ccc2c(c1)S(=N)(=O)NC2=O. The van der Waals surface area contributed by atoms with Crippen LogP contribution in [-0.4, -0.2) is 10.1 Å². The molecule has 5 heteroatoms. The Morgan fingerprint density at radius 1 is 1.53 bits per heavy atom. The number of hydrogen-bond donors (Lipinski definition) is 2. The van der Waals surface area contributed by atoms with Crippen LogP contribution in [0.15, 0.2) is 29.7 Å². The molecule has 1 aliphatic rings. The molecule has 1 aromatic rings. The predicted octanol–water partition coefficient (Wildman–Crippen LogP) is 1.78. The summed E-state index contributed by atoms with van der Waals surface area (Å²) in [6.07, 6.45) is 0. The van der Waals surface area contributed by atoms with Gasteiger partial charge >= 0.3 is 0 Å². The van der Waals surface area contributed by atoms with Crippen molar-refractivity contribution < 1.29 is 9.00 Å². The summed E-state index contributed by atoms with van der Waals surface area (Å²) in [5, 5.41) is 0. The number of allylic oxidation sites excluding steroid dienone is 1. The molecular formula is C10H10N2O2S. The Morgan fingerprint density at radius 3 is 2.80 bits per heavy atom. The number of nitrogens with one attached hydrogen (secondary N) is 2. The van der Waals surface area contributed by atoms with E-state index in [9.17, 15) is 9.00 Å². The second kappa shape index (κ2) is 2.93. The Kier molecular flexibility index (Phi) is 1.94. The molecule has 0 saturated carbocycles. The standard InChI is InChI=1S/C10H10N2O2S/c1-6(2)7-3-4-8-9(5-7)15(11,14)12-10(8)13/h3-5H,1H2,2H3,(H2,11,12,13,14). The van der Waals surface area contributed by atoms with Crippen LogP contribution in [0, 0.1) is 4.78 Å². The molecule has 1 heterocycles. The Balaban J connectivity index is 2.73. The van der Waals surface area contributed by atoms with Gasteiger partial charge in [0.2, 0.25) is 0 Å². The number of rotatable bonds is 1. The molecule has 4 nitrogen and oxygen atoms in total. The van der Waals surface area contributed by atoms with Gasteiger partial charge in [-0.05, 0) is 24.6 Å². The van der Waals surface area contributed by atoms with Gasteiger partial charge in [-0.1, -0.05) is 18.2 Å².